The van der Waals surface area contributed by atoms with Crippen LogP contribution >= 0.6 is 0 Å². The second kappa shape index (κ2) is 6.49. The van der Waals surface area contributed by atoms with E-state index in [1.807, 2.05) is 0 Å². The maximum Gasteiger partial charge on any atom is 0.0737 e. The van der Waals surface area contributed by atoms with Gasteiger partial charge in [0.05, 0.1) is 5.41 Å². The summed E-state index contributed by atoms with van der Waals surface area (Å²) in [6.07, 6.45) is 0. The maximum absolute atomic E-state index is 2.45. The number of fused-ring (bicyclic) bond motifs is 14. The van der Waals surface area contributed by atoms with Gasteiger partial charge < -0.3 is 0 Å². The predicted octanol–water partition coefficient (Wildman–Crippen LogP) is 8.95. The molecule has 2 aliphatic carbocycles. The highest BCUT2D eigenvalue weighted by molar-refractivity contribution is 6.08. The smallest absolute Gasteiger partial charge is 0.0616 e. The highest BCUT2D eigenvalue weighted by atomic mass is 14.5. The van der Waals surface area contributed by atoms with Gasteiger partial charge in [-0.1, -0.05) is 120 Å². The van der Waals surface area contributed by atoms with Crippen LogP contribution in [0.2, 0.25) is 0 Å². The van der Waals surface area contributed by atoms with Gasteiger partial charge in [-0.3, -0.25) is 0 Å². The van der Waals surface area contributed by atoms with Gasteiger partial charge in [0, 0.05) is 0 Å². The monoisotopic (exact) mass is 444 g/mol. The van der Waals surface area contributed by atoms with Gasteiger partial charge in [-0.05, 0) is 79.9 Å². The molecule has 1 spiro atoms. The molecule has 0 heteroatoms. The molecule has 6 aromatic carbocycles. The number of hydrogen-bond donors (Lipinski definition) is 0. The maximum atomic E-state index is 2.45. The van der Waals surface area contributed by atoms with Crippen LogP contribution in [0.25, 0.3) is 43.8 Å². The molecule has 8 rings (SSSR count). The van der Waals surface area contributed by atoms with E-state index in [9.17, 15) is 0 Å². The van der Waals surface area contributed by atoms with Crippen molar-refractivity contribution in [1.82, 2.24) is 0 Å². The first-order valence-electron chi connectivity index (χ1n) is 12.5. The molecular weight excluding hydrogens is 420 g/mol. The van der Waals surface area contributed by atoms with Crippen LogP contribution < -0.4 is 0 Å². The molecule has 164 valence electrons. The van der Waals surface area contributed by atoms with Crippen LogP contribution in [0.4, 0.5) is 0 Å². The molecule has 0 N–H and O–H groups in total. The van der Waals surface area contributed by atoms with Crippen LogP contribution in [-0.2, 0) is 5.41 Å². The summed E-state index contributed by atoms with van der Waals surface area (Å²) in [6.45, 7) is 4.45. The van der Waals surface area contributed by atoms with Gasteiger partial charge >= 0.3 is 0 Å². The Balaban J connectivity index is 1.70. The predicted molar refractivity (Wildman–Crippen MR) is 147 cm³/mol. The Hall–Kier alpha value is -4.16. The lowest BCUT2D eigenvalue weighted by Gasteiger charge is -2.32. The Morgan fingerprint density at radius 3 is 1.34 bits per heavy atom. The Bertz CT molecular complexity index is 1730. The highest BCUT2D eigenvalue weighted by Crippen LogP contribution is 2.65. The molecule has 2 aliphatic rings. The van der Waals surface area contributed by atoms with Gasteiger partial charge in [-0.25, -0.2) is 0 Å². The molecular formula is C35H24. The molecule has 0 atom stereocenters. The molecule has 35 heavy (non-hydrogen) atoms. The van der Waals surface area contributed by atoms with E-state index in [0.29, 0.717) is 0 Å². The first-order chi connectivity index (χ1) is 17.2. The van der Waals surface area contributed by atoms with E-state index in [1.165, 1.54) is 77.2 Å². The van der Waals surface area contributed by atoms with Crippen molar-refractivity contribution >= 4 is 21.5 Å². The largest absolute Gasteiger partial charge is 0.0737 e. The van der Waals surface area contributed by atoms with E-state index in [2.05, 4.69) is 123 Å². The van der Waals surface area contributed by atoms with Crippen LogP contribution in [0, 0.1) is 13.8 Å². The van der Waals surface area contributed by atoms with Crippen molar-refractivity contribution in [2.75, 3.05) is 0 Å². The zero-order valence-corrected chi connectivity index (χ0v) is 19.9. The van der Waals surface area contributed by atoms with Gasteiger partial charge in [0.15, 0.2) is 0 Å². The molecule has 0 bridgehead atoms. The van der Waals surface area contributed by atoms with Crippen LogP contribution in [0.3, 0.4) is 0 Å². The van der Waals surface area contributed by atoms with E-state index in [-0.39, 0.29) is 5.41 Å². The minimum absolute atomic E-state index is 0.338. The van der Waals surface area contributed by atoms with Crippen LogP contribution in [0.1, 0.15) is 33.4 Å². The lowest BCUT2D eigenvalue weighted by Crippen LogP contribution is -2.26. The van der Waals surface area contributed by atoms with Gasteiger partial charge in [0.25, 0.3) is 0 Å². The molecule has 0 aromatic heterocycles. The van der Waals surface area contributed by atoms with Crippen molar-refractivity contribution in [3.05, 3.63) is 143 Å². The molecule has 0 saturated heterocycles. The van der Waals surface area contributed by atoms with E-state index in [4.69, 9.17) is 0 Å². The third-order valence-corrected chi connectivity index (χ3v) is 8.35. The molecule has 0 amide bonds. The second-order valence-corrected chi connectivity index (χ2v) is 10.3. The van der Waals surface area contributed by atoms with Crippen molar-refractivity contribution < 1.29 is 0 Å². The zero-order chi connectivity index (χ0) is 23.3. The topological polar surface area (TPSA) is 0 Å². The fraction of sp³-hybridized carbons (Fsp3) is 0.0857. The zero-order valence-electron chi connectivity index (χ0n) is 19.9. The first-order valence-corrected chi connectivity index (χ1v) is 12.5. The number of hydrogen-bond acceptors (Lipinski definition) is 0. The molecule has 0 fully saturated rings. The average molecular weight is 445 g/mol. The normalized spacial score (nSPS) is 14.2. The third-order valence-electron chi connectivity index (χ3n) is 8.35. The summed E-state index contributed by atoms with van der Waals surface area (Å²) in [4.78, 5) is 0. The van der Waals surface area contributed by atoms with Crippen molar-refractivity contribution in [2.24, 2.45) is 0 Å². The number of benzene rings is 6. The lowest BCUT2D eigenvalue weighted by atomic mass is 9.68. The fourth-order valence-corrected chi connectivity index (χ4v) is 7.02. The molecule has 6 aromatic rings. The van der Waals surface area contributed by atoms with Gasteiger partial charge in [-0.2, -0.15) is 0 Å². The standard InChI is InChI=1S/C35H24/c1-21-11-15-27-29-17-13-23-7-3-5-9-25(23)33(29)35(31(27)19-21)32-20-22(2)12-16-28(32)30-18-14-24-8-4-6-10-26(24)34(30)35/h3-20H,1-2H3. The lowest BCUT2D eigenvalue weighted by molar-refractivity contribution is 0.806. The SMILES string of the molecule is Cc1ccc2c(c1)C1(c3cc(C)ccc3-c3ccc4ccccc4c31)c1c-2ccc2ccccc12. The summed E-state index contributed by atoms with van der Waals surface area (Å²) in [6, 6.07) is 41.3. The molecule has 0 radical (unpaired) electrons. The Morgan fingerprint density at radius 2 is 0.857 bits per heavy atom. The van der Waals surface area contributed by atoms with Crippen LogP contribution in [0.15, 0.2) is 109 Å². The third kappa shape index (κ3) is 2.23. The molecule has 0 unspecified atom stereocenters. The minimum atomic E-state index is -0.338. The van der Waals surface area contributed by atoms with Crippen LogP contribution in [0.5, 0.6) is 0 Å². The summed E-state index contributed by atoms with van der Waals surface area (Å²) in [5.74, 6) is 0. The van der Waals surface area contributed by atoms with Crippen molar-refractivity contribution in [1.29, 1.82) is 0 Å². The highest BCUT2D eigenvalue weighted by Gasteiger charge is 2.53. The number of rotatable bonds is 0. The fourth-order valence-electron chi connectivity index (χ4n) is 7.02. The Kier molecular flexibility index (Phi) is 3.56. The van der Waals surface area contributed by atoms with Gasteiger partial charge in [0.2, 0.25) is 0 Å². The molecule has 0 heterocycles. The summed E-state index contributed by atoms with van der Waals surface area (Å²) >= 11 is 0. The van der Waals surface area contributed by atoms with Gasteiger partial charge in [-0.15, -0.1) is 0 Å². The minimum Gasteiger partial charge on any atom is -0.0616 e. The Labute approximate surface area is 205 Å². The van der Waals surface area contributed by atoms with Crippen molar-refractivity contribution in [3.63, 3.8) is 0 Å². The van der Waals surface area contributed by atoms with Crippen molar-refractivity contribution in [3.8, 4) is 22.3 Å². The quantitative estimate of drug-likeness (QED) is 0.219. The molecule has 0 aliphatic heterocycles. The second-order valence-electron chi connectivity index (χ2n) is 10.3. The summed E-state index contributed by atoms with van der Waals surface area (Å²) in [5, 5.41) is 5.32. The van der Waals surface area contributed by atoms with E-state index in [1.54, 1.807) is 0 Å². The van der Waals surface area contributed by atoms with E-state index in [0.717, 1.165) is 0 Å². The van der Waals surface area contributed by atoms with E-state index >= 15 is 0 Å². The molecule has 0 saturated carbocycles. The summed E-state index contributed by atoms with van der Waals surface area (Å²) < 4.78 is 0. The van der Waals surface area contributed by atoms with Crippen LogP contribution in [-0.4, -0.2) is 0 Å². The molecule has 0 nitrogen and oxygen atoms in total. The average Bonchev–Trinajstić information content (AvgIpc) is 3.34. The first kappa shape index (κ1) is 19.2. The number of aryl methyl sites for hydroxylation is 2. The Morgan fingerprint density at radius 1 is 0.429 bits per heavy atom. The van der Waals surface area contributed by atoms with Crippen molar-refractivity contribution in [2.45, 2.75) is 19.3 Å². The van der Waals surface area contributed by atoms with E-state index < -0.39 is 0 Å². The van der Waals surface area contributed by atoms with Gasteiger partial charge in [0.1, 0.15) is 0 Å². The summed E-state index contributed by atoms with van der Waals surface area (Å²) in [5.41, 5.74) is 13.5. The summed E-state index contributed by atoms with van der Waals surface area (Å²) in [7, 11) is 0.